The number of carboxylic acids is 1. The molecule has 2 aromatic carbocycles. The molecule has 0 amide bonds. The van der Waals surface area contributed by atoms with Crippen LogP contribution in [-0.4, -0.2) is 39.7 Å². The molecular weight excluding hydrogens is 449 g/mol. The zero-order chi connectivity index (χ0) is 23.5. The number of ether oxygens (including phenoxy) is 1. The van der Waals surface area contributed by atoms with Gasteiger partial charge in [0.2, 0.25) is 0 Å². The van der Waals surface area contributed by atoms with E-state index in [1.165, 1.54) is 25.3 Å². The highest BCUT2D eigenvalue weighted by Gasteiger charge is 2.32. The lowest BCUT2D eigenvalue weighted by molar-refractivity contribution is -0.137. The van der Waals surface area contributed by atoms with Gasteiger partial charge in [-0.1, -0.05) is 12.8 Å². The Morgan fingerprint density at radius 2 is 1.72 bits per heavy atom. The molecule has 0 spiro atoms. The van der Waals surface area contributed by atoms with Gasteiger partial charge in [0.15, 0.2) is 0 Å². The molecule has 1 heterocycles. The minimum absolute atomic E-state index is 0.134. The Morgan fingerprint density at radius 1 is 1.06 bits per heavy atom. The van der Waals surface area contributed by atoms with Gasteiger partial charge < -0.3 is 14.7 Å². The number of anilines is 2. The van der Waals surface area contributed by atoms with Crippen LogP contribution in [0.25, 0.3) is 0 Å². The van der Waals surface area contributed by atoms with Gasteiger partial charge in [0.1, 0.15) is 10.6 Å². The Balaban J connectivity index is 2.09. The fourth-order valence-electron chi connectivity index (χ4n) is 3.60. The average Bonchev–Trinajstić information content (AvgIpc) is 3.01. The standard InChI is InChI=1S/C21H23F3N2O5S/c1-31-18-9-6-14(20(27)28)12-19(18)32(29,30)25-16-13-15(21(22,23)24)7-8-17(16)26-10-4-2-3-5-11-26/h6-9,12-13,25H,2-5,10-11H2,1H3,(H,27,28). The number of nitrogens with one attached hydrogen (secondary N) is 1. The smallest absolute Gasteiger partial charge is 0.416 e. The highest BCUT2D eigenvalue weighted by atomic mass is 32.2. The summed E-state index contributed by atoms with van der Waals surface area (Å²) in [5.74, 6) is -1.49. The van der Waals surface area contributed by atoms with Crippen LogP contribution in [0.3, 0.4) is 0 Å². The van der Waals surface area contributed by atoms with Crippen molar-refractivity contribution in [1.29, 1.82) is 0 Å². The molecule has 1 aliphatic heterocycles. The molecule has 2 aromatic rings. The summed E-state index contributed by atoms with van der Waals surface area (Å²) in [7, 11) is -3.27. The topological polar surface area (TPSA) is 95.9 Å². The first kappa shape index (κ1) is 23.7. The molecular formula is C21H23F3N2O5S. The van der Waals surface area contributed by atoms with E-state index in [4.69, 9.17) is 4.74 Å². The Bertz CT molecular complexity index is 1100. The zero-order valence-electron chi connectivity index (χ0n) is 17.3. The van der Waals surface area contributed by atoms with Crippen molar-refractivity contribution in [2.75, 3.05) is 29.8 Å². The summed E-state index contributed by atoms with van der Waals surface area (Å²) in [5, 5.41) is 9.21. The van der Waals surface area contributed by atoms with Crippen LogP contribution in [0.2, 0.25) is 0 Å². The van der Waals surface area contributed by atoms with Crippen molar-refractivity contribution >= 4 is 27.4 Å². The summed E-state index contributed by atoms with van der Waals surface area (Å²) in [5.41, 5.74) is -1.20. The first-order valence-electron chi connectivity index (χ1n) is 9.93. The van der Waals surface area contributed by atoms with E-state index < -0.39 is 32.6 Å². The van der Waals surface area contributed by atoms with Gasteiger partial charge in [0.25, 0.3) is 10.0 Å². The second-order valence-corrected chi connectivity index (χ2v) is 9.06. The molecule has 1 saturated heterocycles. The molecule has 0 radical (unpaired) electrons. The van der Waals surface area contributed by atoms with Crippen molar-refractivity contribution in [3.8, 4) is 5.75 Å². The van der Waals surface area contributed by atoms with Crippen molar-refractivity contribution in [2.24, 2.45) is 0 Å². The maximum atomic E-state index is 13.3. The number of benzene rings is 2. The molecule has 0 unspecified atom stereocenters. The first-order chi connectivity index (χ1) is 15.0. The molecule has 174 valence electrons. The van der Waals surface area contributed by atoms with E-state index in [-0.39, 0.29) is 17.0 Å². The Hall–Kier alpha value is -2.95. The van der Waals surface area contributed by atoms with Crippen molar-refractivity contribution in [2.45, 2.75) is 36.8 Å². The normalized spacial score (nSPS) is 15.2. The highest BCUT2D eigenvalue weighted by molar-refractivity contribution is 7.92. The molecule has 3 rings (SSSR count). The summed E-state index contributed by atoms with van der Waals surface area (Å²) in [6.07, 6.45) is -1.03. The number of carbonyl (C=O) groups is 1. The predicted molar refractivity (Wildman–Crippen MR) is 113 cm³/mol. The van der Waals surface area contributed by atoms with Gasteiger partial charge in [-0.25, -0.2) is 13.2 Å². The van der Waals surface area contributed by atoms with Gasteiger partial charge in [0, 0.05) is 13.1 Å². The predicted octanol–water partition coefficient (Wildman–Crippen LogP) is 4.59. The summed E-state index contributed by atoms with van der Waals surface area (Å²) in [6.45, 7) is 1.16. The van der Waals surface area contributed by atoms with Crippen LogP contribution < -0.4 is 14.4 Å². The van der Waals surface area contributed by atoms with E-state index in [1.54, 1.807) is 0 Å². The third-order valence-electron chi connectivity index (χ3n) is 5.22. The van der Waals surface area contributed by atoms with Gasteiger partial charge in [-0.15, -0.1) is 0 Å². The largest absolute Gasteiger partial charge is 0.495 e. The zero-order valence-corrected chi connectivity index (χ0v) is 18.1. The van der Waals surface area contributed by atoms with Gasteiger partial charge in [-0.3, -0.25) is 4.72 Å². The number of alkyl halides is 3. The van der Waals surface area contributed by atoms with E-state index in [9.17, 15) is 31.5 Å². The average molecular weight is 472 g/mol. The van der Waals surface area contributed by atoms with Gasteiger partial charge in [-0.05, 0) is 49.2 Å². The maximum absolute atomic E-state index is 13.3. The molecule has 1 fully saturated rings. The number of aromatic carboxylic acids is 1. The molecule has 1 aliphatic rings. The number of hydrogen-bond acceptors (Lipinski definition) is 5. The van der Waals surface area contributed by atoms with Crippen LogP contribution in [0, 0.1) is 0 Å². The van der Waals surface area contributed by atoms with Crippen molar-refractivity contribution in [1.82, 2.24) is 0 Å². The van der Waals surface area contributed by atoms with E-state index in [1.807, 2.05) is 4.90 Å². The molecule has 0 saturated carbocycles. The summed E-state index contributed by atoms with van der Waals surface area (Å²) in [6, 6.07) is 6.20. The summed E-state index contributed by atoms with van der Waals surface area (Å²) < 4.78 is 73.6. The van der Waals surface area contributed by atoms with Crippen LogP contribution >= 0.6 is 0 Å². The quantitative estimate of drug-likeness (QED) is 0.638. The van der Waals surface area contributed by atoms with Gasteiger partial charge in [-0.2, -0.15) is 13.2 Å². The van der Waals surface area contributed by atoms with Crippen LogP contribution in [0.1, 0.15) is 41.6 Å². The van der Waals surface area contributed by atoms with Crippen molar-refractivity contribution < 1.29 is 36.2 Å². The van der Waals surface area contributed by atoms with E-state index in [0.29, 0.717) is 18.8 Å². The van der Waals surface area contributed by atoms with Crippen molar-refractivity contribution in [3.05, 3.63) is 47.5 Å². The fraction of sp³-hybridized carbons (Fsp3) is 0.381. The minimum Gasteiger partial charge on any atom is -0.495 e. The molecule has 0 aliphatic carbocycles. The van der Waals surface area contributed by atoms with Crippen LogP contribution in [0.5, 0.6) is 5.75 Å². The molecule has 0 atom stereocenters. The minimum atomic E-state index is -4.67. The molecule has 7 nitrogen and oxygen atoms in total. The van der Waals surface area contributed by atoms with Crippen LogP contribution in [-0.2, 0) is 16.2 Å². The number of carboxylic acid groups (broad SMARTS) is 1. The maximum Gasteiger partial charge on any atom is 0.416 e. The number of nitrogens with zero attached hydrogens (tertiary/aromatic N) is 1. The Morgan fingerprint density at radius 3 is 2.28 bits per heavy atom. The number of halogens is 3. The molecule has 2 N–H and O–H groups in total. The van der Waals surface area contributed by atoms with E-state index >= 15 is 0 Å². The number of sulfonamides is 1. The Kier molecular flexibility index (Phi) is 6.87. The van der Waals surface area contributed by atoms with E-state index in [2.05, 4.69) is 4.72 Å². The third-order valence-corrected chi connectivity index (χ3v) is 6.60. The van der Waals surface area contributed by atoms with E-state index in [0.717, 1.165) is 43.9 Å². The van der Waals surface area contributed by atoms with Crippen LogP contribution in [0.15, 0.2) is 41.3 Å². The number of methoxy groups -OCH3 is 1. The Labute approximate surface area is 183 Å². The second-order valence-electron chi connectivity index (χ2n) is 7.41. The highest BCUT2D eigenvalue weighted by Crippen LogP contribution is 2.38. The fourth-order valence-corrected chi connectivity index (χ4v) is 4.86. The number of hydrogen-bond donors (Lipinski definition) is 2. The third kappa shape index (κ3) is 5.26. The van der Waals surface area contributed by atoms with Crippen LogP contribution in [0.4, 0.5) is 24.5 Å². The number of rotatable bonds is 6. The van der Waals surface area contributed by atoms with Gasteiger partial charge in [0.05, 0.1) is 29.6 Å². The molecule has 11 heteroatoms. The van der Waals surface area contributed by atoms with Gasteiger partial charge >= 0.3 is 12.1 Å². The lowest BCUT2D eigenvalue weighted by atomic mass is 10.1. The summed E-state index contributed by atoms with van der Waals surface area (Å²) >= 11 is 0. The first-order valence-corrected chi connectivity index (χ1v) is 11.4. The SMILES string of the molecule is COc1ccc(C(=O)O)cc1S(=O)(=O)Nc1cc(C(F)(F)F)ccc1N1CCCCCC1. The summed E-state index contributed by atoms with van der Waals surface area (Å²) in [4.78, 5) is 12.7. The lowest BCUT2D eigenvalue weighted by Crippen LogP contribution is -2.26. The monoisotopic (exact) mass is 472 g/mol. The molecule has 0 bridgehead atoms. The van der Waals surface area contributed by atoms with Crippen molar-refractivity contribution in [3.63, 3.8) is 0 Å². The molecule has 32 heavy (non-hydrogen) atoms. The lowest BCUT2D eigenvalue weighted by Gasteiger charge is -2.26. The molecule has 0 aromatic heterocycles. The second kappa shape index (κ2) is 9.27.